The van der Waals surface area contributed by atoms with Crippen LogP contribution in [0.15, 0.2) is 17.0 Å². The van der Waals surface area contributed by atoms with Gasteiger partial charge < -0.3 is 5.11 Å². The van der Waals surface area contributed by atoms with Crippen molar-refractivity contribution in [3.63, 3.8) is 0 Å². The number of hydrogen-bond acceptors (Lipinski definition) is 3. The maximum Gasteiger partial charge on any atom is 0.501 e. The minimum atomic E-state index is -5.41. The van der Waals surface area contributed by atoms with Gasteiger partial charge in [0.1, 0.15) is 0 Å². The molecule has 1 unspecified atom stereocenters. The Morgan fingerprint density at radius 3 is 2.65 bits per heavy atom. The van der Waals surface area contributed by atoms with E-state index in [0.717, 1.165) is 12.1 Å². The molecule has 0 fully saturated rings. The number of fused-ring (bicyclic) bond motifs is 1. The summed E-state index contributed by atoms with van der Waals surface area (Å²) in [6.07, 6.45) is -0.622. The molecule has 1 radical (unpaired) electrons. The topological polar surface area (TPSA) is 54.4 Å². The van der Waals surface area contributed by atoms with Crippen LogP contribution < -0.4 is 0 Å². The van der Waals surface area contributed by atoms with Gasteiger partial charge >= 0.3 is 5.51 Å². The van der Waals surface area contributed by atoms with Crippen molar-refractivity contribution >= 4 is 9.84 Å². The van der Waals surface area contributed by atoms with E-state index >= 15 is 0 Å². The molecule has 0 amide bonds. The predicted octanol–water partition coefficient (Wildman–Crippen LogP) is 1.76. The van der Waals surface area contributed by atoms with Crippen LogP contribution in [0, 0.1) is 6.07 Å². The van der Waals surface area contributed by atoms with Crippen LogP contribution in [-0.4, -0.2) is 19.0 Å². The van der Waals surface area contributed by atoms with Crippen molar-refractivity contribution in [1.29, 1.82) is 0 Å². The highest BCUT2D eigenvalue weighted by atomic mass is 32.2. The quantitative estimate of drug-likeness (QED) is 0.841. The Labute approximate surface area is 95.8 Å². The summed E-state index contributed by atoms with van der Waals surface area (Å²) in [5, 5.41) is 9.54. The lowest BCUT2D eigenvalue weighted by atomic mass is 10.1. The molecule has 0 saturated heterocycles. The van der Waals surface area contributed by atoms with Crippen LogP contribution in [-0.2, 0) is 16.3 Å². The van der Waals surface area contributed by atoms with E-state index in [1.807, 2.05) is 0 Å². The van der Waals surface area contributed by atoms with Gasteiger partial charge in [-0.2, -0.15) is 13.2 Å². The maximum absolute atomic E-state index is 12.4. The first-order valence-corrected chi connectivity index (χ1v) is 6.26. The average Bonchev–Trinajstić information content (AvgIpc) is 2.59. The van der Waals surface area contributed by atoms with E-state index in [2.05, 4.69) is 6.07 Å². The lowest BCUT2D eigenvalue weighted by Crippen LogP contribution is -2.24. The number of rotatable bonds is 1. The highest BCUT2D eigenvalue weighted by Crippen LogP contribution is 2.40. The van der Waals surface area contributed by atoms with Gasteiger partial charge in [0.05, 0.1) is 11.0 Å². The molecule has 1 aromatic carbocycles. The van der Waals surface area contributed by atoms with Crippen molar-refractivity contribution in [1.82, 2.24) is 0 Å². The summed E-state index contributed by atoms with van der Waals surface area (Å²) < 4.78 is 59.9. The molecule has 1 aliphatic carbocycles. The second-order valence-electron chi connectivity index (χ2n) is 3.74. The van der Waals surface area contributed by atoms with Crippen molar-refractivity contribution in [2.45, 2.75) is 29.3 Å². The molecule has 0 spiro atoms. The van der Waals surface area contributed by atoms with E-state index in [1.54, 1.807) is 0 Å². The first kappa shape index (κ1) is 12.4. The molecular formula is C10H8F3O3S. The fourth-order valence-corrected chi connectivity index (χ4v) is 2.94. The van der Waals surface area contributed by atoms with Gasteiger partial charge in [0.2, 0.25) is 0 Å². The normalized spacial score (nSPS) is 20.4. The van der Waals surface area contributed by atoms with Crippen molar-refractivity contribution in [2.75, 3.05) is 0 Å². The number of aliphatic hydroxyl groups excluding tert-OH is 1. The summed E-state index contributed by atoms with van der Waals surface area (Å²) in [6.45, 7) is 0. The molecule has 0 saturated carbocycles. The summed E-state index contributed by atoms with van der Waals surface area (Å²) in [6, 6.07) is 4.62. The molecule has 0 aromatic heterocycles. The minimum Gasteiger partial charge on any atom is -0.388 e. The molecule has 93 valence electrons. The molecular weight excluding hydrogens is 257 g/mol. The van der Waals surface area contributed by atoms with Crippen LogP contribution in [0.2, 0.25) is 0 Å². The van der Waals surface area contributed by atoms with Crippen LogP contribution >= 0.6 is 0 Å². The second kappa shape index (κ2) is 3.71. The first-order chi connectivity index (χ1) is 7.75. The van der Waals surface area contributed by atoms with E-state index in [-0.39, 0.29) is 12.0 Å². The third-order valence-electron chi connectivity index (χ3n) is 2.68. The smallest absolute Gasteiger partial charge is 0.388 e. The maximum atomic E-state index is 12.4. The molecule has 2 rings (SSSR count). The summed E-state index contributed by atoms with van der Waals surface area (Å²) in [5.74, 6) is 0. The molecule has 7 heteroatoms. The van der Waals surface area contributed by atoms with Gasteiger partial charge in [-0.05, 0) is 30.5 Å². The summed E-state index contributed by atoms with van der Waals surface area (Å²) in [5.41, 5.74) is -5.18. The van der Waals surface area contributed by atoms with E-state index < -0.39 is 26.3 Å². The zero-order valence-corrected chi connectivity index (χ0v) is 9.27. The fourth-order valence-electron chi connectivity index (χ4n) is 1.89. The number of benzene rings is 1. The predicted molar refractivity (Wildman–Crippen MR) is 51.8 cm³/mol. The Morgan fingerprint density at radius 2 is 2.06 bits per heavy atom. The molecule has 0 aliphatic heterocycles. The van der Waals surface area contributed by atoms with E-state index in [0.29, 0.717) is 12.0 Å². The highest BCUT2D eigenvalue weighted by Gasteiger charge is 2.49. The van der Waals surface area contributed by atoms with Crippen molar-refractivity contribution in [3.8, 4) is 0 Å². The lowest BCUT2D eigenvalue weighted by molar-refractivity contribution is -0.0437. The third kappa shape index (κ3) is 1.83. The second-order valence-corrected chi connectivity index (χ2v) is 5.65. The van der Waals surface area contributed by atoms with Crippen LogP contribution in [0.25, 0.3) is 0 Å². The van der Waals surface area contributed by atoms with Crippen molar-refractivity contribution in [2.24, 2.45) is 0 Å². The van der Waals surface area contributed by atoms with Crippen LogP contribution in [0.5, 0.6) is 0 Å². The van der Waals surface area contributed by atoms with E-state index in [4.69, 9.17) is 0 Å². The van der Waals surface area contributed by atoms with Crippen molar-refractivity contribution < 1.29 is 26.7 Å². The summed E-state index contributed by atoms with van der Waals surface area (Å²) in [4.78, 5) is -0.858. The minimum absolute atomic E-state index is 0.162. The zero-order valence-electron chi connectivity index (χ0n) is 8.45. The van der Waals surface area contributed by atoms with Crippen LogP contribution in [0.4, 0.5) is 13.2 Å². The standard InChI is InChI=1S/C10H8F3O3S/c11-10(12,13)17(15,16)8-3-1-2-6-4-5-7(14)9(6)8/h1,3,7,14H,4-5H2. The molecule has 3 nitrogen and oxygen atoms in total. The van der Waals surface area contributed by atoms with E-state index in [1.165, 1.54) is 0 Å². The molecule has 1 aromatic rings. The van der Waals surface area contributed by atoms with Crippen molar-refractivity contribution in [3.05, 3.63) is 29.3 Å². The van der Waals surface area contributed by atoms with Gasteiger partial charge in [-0.25, -0.2) is 8.42 Å². The first-order valence-electron chi connectivity index (χ1n) is 4.78. The average molecular weight is 265 g/mol. The number of aryl methyl sites for hydroxylation is 1. The molecule has 1 atom stereocenters. The molecule has 1 N–H and O–H groups in total. The molecule has 0 bridgehead atoms. The number of halogens is 3. The Hall–Kier alpha value is -1.08. The van der Waals surface area contributed by atoms with Crippen LogP contribution in [0.1, 0.15) is 23.7 Å². The monoisotopic (exact) mass is 265 g/mol. The van der Waals surface area contributed by atoms with Gasteiger partial charge in [-0.15, -0.1) is 0 Å². The third-order valence-corrected chi connectivity index (χ3v) is 4.22. The Morgan fingerprint density at radius 1 is 1.41 bits per heavy atom. The number of alkyl halides is 3. The van der Waals surface area contributed by atoms with Gasteiger partial charge in [0.15, 0.2) is 0 Å². The Kier molecular flexibility index (Phi) is 2.70. The van der Waals surface area contributed by atoms with Gasteiger partial charge in [-0.3, -0.25) is 0 Å². The number of aliphatic hydroxyl groups is 1. The molecule has 17 heavy (non-hydrogen) atoms. The van der Waals surface area contributed by atoms with Gasteiger partial charge in [0.25, 0.3) is 9.84 Å². The SMILES string of the molecule is O=S(=O)(c1cc[c]c2c1C(O)CC2)C(F)(F)F. The number of sulfone groups is 1. The molecule has 1 aliphatic rings. The van der Waals surface area contributed by atoms with Gasteiger partial charge in [0, 0.05) is 5.56 Å². The summed E-state index contributed by atoms with van der Waals surface area (Å²) in [7, 11) is -5.41. The Balaban J connectivity index is 2.67. The number of hydrogen-bond donors (Lipinski definition) is 1. The summed E-state index contributed by atoms with van der Waals surface area (Å²) >= 11 is 0. The van der Waals surface area contributed by atoms with E-state index in [9.17, 15) is 26.7 Å². The molecule has 0 heterocycles. The fraction of sp³-hybridized carbons (Fsp3) is 0.400. The Bertz CT molecular complexity index is 548. The zero-order chi connectivity index (χ0) is 12.8. The highest BCUT2D eigenvalue weighted by molar-refractivity contribution is 7.92. The van der Waals surface area contributed by atoms with Gasteiger partial charge in [-0.1, -0.05) is 6.07 Å². The lowest BCUT2D eigenvalue weighted by Gasteiger charge is -2.13. The largest absolute Gasteiger partial charge is 0.501 e. The van der Waals surface area contributed by atoms with Crippen LogP contribution in [0.3, 0.4) is 0 Å².